The van der Waals surface area contributed by atoms with Crippen LogP contribution in [0.4, 0.5) is 9.18 Å². The van der Waals surface area contributed by atoms with Gasteiger partial charge in [-0.3, -0.25) is 0 Å². The summed E-state index contributed by atoms with van der Waals surface area (Å²) in [7, 11) is 1.00. The smallest absolute Gasteiger partial charge is 0.407 e. The fourth-order valence-electron chi connectivity index (χ4n) is 1.40. The molecule has 0 saturated carbocycles. The number of carbonyl (C=O) groups is 1. The summed E-state index contributed by atoms with van der Waals surface area (Å²) in [4.78, 5) is 11.4. The highest BCUT2D eigenvalue weighted by molar-refractivity contribution is 5.67. The van der Waals surface area contributed by atoms with Gasteiger partial charge < -0.3 is 15.2 Å². The lowest BCUT2D eigenvalue weighted by Gasteiger charge is -2.19. The predicted octanol–water partition coefficient (Wildman–Crippen LogP) is 3.79. The van der Waals surface area contributed by atoms with E-state index in [1.165, 1.54) is 12.1 Å². The van der Waals surface area contributed by atoms with Crippen molar-refractivity contribution in [3.05, 3.63) is 35.1 Å². The molecule has 0 aromatic heterocycles. The van der Waals surface area contributed by atoms with E-state index < -0.39 is 11.7 Å². The third-order valence-electron chi connectivity index (χ3n) is 1.94. The third-order valence-corrected chi connectivity index (χ3v) is 1.94. The van der Waals surface area contributed by atoms with Crippen molar-refractivity contribution >= 4 is 6.09 Å². The number of hydrogen-bond acceptors (Lipinski definition) is 3. The number of rotatable bonds is 2. The number of aliphatic hydroxyl groups excluding tert-OH is 1. The molecule has 1 aromatic carbocycles. The van der Waals surface area contributed by atoms with Crippen LogP contribution in [0, 0.1) is 12.7 Å². The monoisotopic (exact) mass is 301 g/mol. The maximum atomic E-state index is 13.1. The minimum absolute atomic E-state index is 0.257. The second kappa shape index (κ2) is 11.1. The Bertz CT molecular complexity index is 394. The predicted molar refractivity (Wildman–Crippen MR) is 83.7 cm³/mol. The van der Waals surface area contributed by atoms with Gasteiger partial charge in [-0.1, -0.05) is 19.9 Å². The maximum Gasteiger partial charge on any atom is 0.407 e. The SMILES string of the molecule is CC.CO.Cc1cc(F)cc(CNC(=O)OC(C)(C)C)c1. The fourth-order valence-corrected chi connectivity index (χ4v) is 1.40. The molecule has 2 N–H and O–H groups in total. The molecule has 1 rings (SSSR count). The normalized spacial score (nSPS) is 9.57. The number of benzene rings is 1. The van der Waals surface area contributed by atoms with Crippen molar-refractivity contribution in [2.24, 2.45) is 0 Å². The van der Waals surface area contributed by atoms with Crippen molar-refractivity contribution in [1.29, 1.82) is 0 Å². The van der Waals surface area contributed by atoms with E-state index in [0.717, 1.165) is 12.7 Å². The number of carbonyl (C=O) groups excluding carboxylic acids is 1. The van der Waals surface area contributed by atoms with Crippen LogP contribution in [-0.2, 0) is 11.3 Å². The summed E-state index contributed by atoms with van der Waals surface area (Å²) in [6.45, 7) is 11.4. The molecule has 0 heterocycles. The Labute approximate surface area is 127 Å². The molecular formula is C16H28FNO3. The van der Waals surface area contributed by atoms with Crippen LogP contribution in [0.2, 0.25) is 0 Å². The zero-order valence-electron chi connectivity index (χ0n) is 14.1. The van der Waals surface area contributed by atoms with Gasteiger partial charge in [0.1, 0.15) is 11.4 Å². The molecule has 0 aliphatic heterocycles. The highest BCUT2D eigenvalue weighted by Crippen LogP contribution is 2.09. The van der Waals surface area contributed by atoms with Gasteiger partial charge in [-0.25, -0.2) is 9.18 Å². The van der Waals surface area contributed by atoms with E-state index in [9.17, 15) is 9.18 Å². The van der Waals surface area contributed by atoms with Gasteiger partial charge in [0, 0.05) is 13.7 Å². The molecule has 5 heteroatoms. The number of nitrogens with one attached hydrogen (secondary N) is 1. The first-order valence-corrected chi connectivity index (χ1v) is 6.94. The van der Waals surface area contributed by atoms with Crippen molar-refractivity contribution < 1.29 is 19.0 Å². The third kappa shape index (κ3) is 11.9. The lowest BCUT2D eigenvalue weighted by atomic mass is 10.1. The zero-order chi connectivity index (χ0) is 17.1. The van der Waals surface area contributed by atoms with Crippen molar-refractivity contribution in [3.8, 4) is 0 Å². The van der Waals surface area contributed by atoms with Crippen molar-refractivity contribution in [3.63, 3.8) is 0 Å². The molecule has 0 atom stereocenters. The van der Waals surface area contributed by atoms with Crippen LogP contribution in [0.25, 0.3) is 0 Å². The molecule has 0 bridgehead atoms. The van der Waals surface area contributed by atoms with Crippen LogP contribution in [0.1, 0.15) is 45.7 Å². The summed E-state index contributed by atoms with van der Waals surface area (Å²) >= 11 is 0. The molecule has 21 heavy (non-hydrogen) atoms. The van der Waals surface area contributed by atoms with Gasteiger partial charge in [0.15, 0.2) is 0 Å². The maximum absolute atomic E-state index is 13.1. The van der Waals surface area contributed by atoms with Crippen LogP contribution in [-0.4, -0.2) is 23.9 Å². The summed E-state index contributed by atoms with van der Waals surface area (Å²) in [5.74, 6) is -0.300. The van der Waals surface area contributed by atoms with Gasteiger partial charge in [-0.05, 0) is 51.0 Å². The van der Waals surface area contributed by atoms with Crippen molar-refractivity contribution in [1.82, 2.24) is 5.32 Å². The first kappa shape index (κ1) is 21.7. The lowest BCUT2D eigenvalue weighted by Crippen LogP contribution is -2.32. The molecule has 122 valence electrons. The molecular weight excluding hydrogens is 273 g/mol. The molecule has 1 amide bonds. The largest absolute Gasteiger partial charge is 0.444 e. The molecule has 0 spiro atoms. The van der Waals surface area contributed by atoms with E-state index in [1.807, 2.05) is 19.9 Å². The first-order valence-electron chi connectivity index (χ1n) is 6.94. The Morgan fingerprint density at radius 2 is 1.76 bits per heavy atom. The molecule has 0 saturated heterocycles. The van der Waals surface area contributed by atoms with Gasteiger partial charge in [0.05, 0.1) is 0 Å². The Kier molecular flexibility index (Phi) is 11.4. The van der Waals surface area contributed by atoms with E-state index in [2.05, 4.69) is 5.32 Å². The van der Waals surface area contributed by atoms with E-state index in [1.54, 1.807) is 27.7 Å². The number of ether oxygens (including phenoxy) is 1. The lowest BCUT2D eigenvalue weighted by molar-refractivity contribution is 0.0523. The average Bonchev–Trinajstić information content (AvgIpc) is 2.38. The second-order valence-corrected chi connectivity index (χ2v) is 4.99. The molecule has 1 aromatic rings. The van der Waals surface area contributed by atoms with Crippen LogP contribution < -0.4 is 5.32 Å². The topological polar surface area (TPSA) is 58.6 Å². The number of hydrogen-bond donors (Lipinski definition) is 2. The first-order chi connectivity index (χ1) is 9.76. The van der Waals surface area contributed by atoms with E-state index >= 15 is 0 Å². The van der Waals surface area contributed by atoms with E-state index in [4.69, 9.17) is 9.84 Å². The molecule has 4 nitrogen and oxygen atoms in total. The molecule has 0 radical (unpaired) electrons. The minimum atomic E-state index is -0.526. The van der Waals surface area contributed by atoms with Gasteiger partial charge in [0.2, 0.25) is 0 Å². The van der Waals surface area contributed by atoms with Crippen LogP contribution in [0.3, 0.4) is 0 Å². The quantitative estimate of drug-likeness (QED) is 0.873. The number of halogens is 1. The summed E-state index contributed by atoms with van der Waals surface area (Å²) in [6, 6.07) is 4.65. The van der Waals surface area contributed by atoms with Crippen molar-refractivity contribution in [2.45, 2.75) is 53.7 Å². The number of amides is 1. The summed E-state index contributed by atoms with van der Waals surface area (Å²) in [6.07, 6.45) is -0.501. The fraction of sp³-hybridized carbons (Fsp3) is 0.562. The average molecular weight is 301 g/mol. The Morgan fingerprint density at radius 1 is 1.24 bits per heavy atom. The van der Waals surface area contributed by atoms with Crippen molar-refractivity contribution in [2.75, 3.05) is 7.11 Å². The van der Waals surface area contributed by atoms with Gasteiger partial charge in [-0.2, -0.15) is 0 Å². The summed E-state index contributed by atoms with van der Waals surface area (Å²) in [5.41, 5.74) is 1.02. The molecule has 0 unspecified atom stereocenters. The minimum Gasteiger partial charge on any atom is -0.444 e. The Balaban J connectivity index is 0. The Morgan fingerprint density at radius 3 is 2.19 bits per heavy atom. The van der Waals surface area contributed by atoms with E-state index in [-0.39, 0.29) is 12.4 Å². The highest BCUT2D eigenvalue weighted by Gasteiger charge is 2.15. The van der Waals surface area contributed by atoms with Gasteiger partial charge in [0.25, 0.3) is 0 Å². The van der Waals surface area contributed by atoms with Crippen LogP contribution in [0.5, 0.6) is 0 Å². The molecule has 0 aliphatic carbocycles. The number of alkyl carbamates (subject to hydrolysis) is 1. The Hall–Kier alpha value is -1.62. The standard InChI is InChI=1S/C13H18FNO2.C2H6.CH4O/c1-9-5-10(7-11(14)6-9)8-15-12(16)17-13(2,3)4;2*1-2/h5-7H,8H2,1-4H3,(H,15,16);1-2H3;2H,1H3. The zero-order valence-corrected chi connectivity index (χ0v) is 14.1. The summed E-state index contributed by atoms with van der Waals surface area (Å²) < 4.78 is 18.2. The van der Waals surface area contributed by atoms with Gasteiger partial charge >= 0.3 is 6.09 Å². The molecule has 0 aliphatic rings. The van der Waals surface area contributed by atoms with Crippen LogP contribution >= 0.6 is 0 Å². The summed E-state index contributed by atoms with van der Waals surface area (Å²) in [5, 5.41) is 9.58. The highest BCUT2D eigenvalue weighted by atomic mass is 19.1. The second-order valence-electron chi connectivity index (χ2n) is 4.99. The number of aliphatic hydroxyl groups is 1. The number of aryl methyl sites for hydroxylation is 1. The molecule has 0 fully saturated rings. The van der Waals surface area contributed by atoms with E-state index in [0.29, 0.717) is 5.56 Å². The van der Waals surface area contributed by atoms with Gasteiger partial charge in [-0.15, -0.1) is 0 Å². The van der Waals surface area contributed by atoms with Crippen LogP contribution in [0.15, 0.2) is 18.2 Å².